The predicted octanol–water partition coefficient (Wildman–Crippen LogP) is 2.02. The Balaban J connectivity index is 1.43. The third-order valence-corrected chi connectivity index (χ3v) is 6.66. The number of amides is 2. The fourth-order valence-corrected chi connectivity index (χ4v) is 4.97. The molecule has 4 rings (SSSR count). The van der Waals surface area contributed by atoms with Crippen LogP contribution in [-0.4, -0.2) is 90.2 Å². The second-order valence-electron chi connectivity index (χ2n) is 8.45. The van der Waals surface area contributed by atoms with Crippen molar-refractivity contribution < 1.29 is 23.9 Å². The van der Waals surface area contributed by atoms with E-state index in [1.54, 1.807) is 9.80 Å². The van der Waals surface area contributed by atoms with Gasteiger partial charge in [0.2, 0.25) is 0 Å². The van der Waals surface area contributed by atoms with E-state index in [4.69, 9.17) is 9.47 Å². The maximum absolute atomic E-state index is 13.1. The van der Waals surface area contributed by atoms with Crippen LogP contribution in [-0.2, 0) is 14.3 Å². The van der Waals surface area contributed by atoms with E-state index in [2.05, 4.69) is 4.90 Å². The van der Waals surface area contributed by atoms with Crippen molar-refractivity contribution in [3.63, 3.8) is 0 Å². The predicted molar refractivity (Wildman–Crippen MR) is 101 cm³/mol. The molecule has 0 aromatic heterocycles. The molecule has 156 valence electrons. The number of ether oxygens (including phenoxy) is 2. The molecule has 4 fully saturated rings. The SMILES string of the molecule is O=C(OCC1(COC(=O)N2CCCC2)C(=O)C2CCCCCN21)N1CCCC1. The van der Waals surface area contributed by atoms with Crippen molar-refractivity contribution in [1.82, 2.24) is 14.7 Å². The first-order chi connectivity index (χ1) is 13.6. The molecule has 2 amide bonds. The smallest absolute Gasteiger partial charge is 0.409 e. The van der Waals surface area contributed by atoms with Gasteiger partial charge in [-0.15, -0.1) is 0 Å². The first-order valence-corrected chi connectivity index (χ1v) is 10.8. The number of fused-ring (bicyclic) bond motifs is 1. The van der Waals surface area contributed by atoms with Gasteiger partial charge in [-0.25, -0.2) is 9.59 Å². The summed E-state index contributed by atoms with van der Waals surface area (Å²) in [6.07, 6.45) is 7.18. The van der Waals surface area contributed by atoms with E-state index < -0.39 is 5.54 Å². The summed E-state index contributed by atoms with van der Waals surface area (Å²) in [5.74, 6) is 0.0536. The van der Waals surface area contributed by atoms with Gasteiger partial charge in [-0.3, -0.25) is 9.69 Å². The van der Waals surface area contributed by atoms with Gasteiger partial charge in [0.1, 0.15) is 13.2 Å². The van der Waals surface area contributed by atoms with Crippen LogP contribution < -0.4 is 0 Å². The van der Waals surface area contributed by atoms with E-state index in [1.807, 2.05) is 0 Å². The summed E-state index contributed by atoms with van der Waals surface area (Å²) >= 11 is 0. The minimum absolute atomic E-state index is 0.0368. The van der Waals surface area contributed by atoms with Gasteiger partial charge in [0, 0.05) is 32.7 Å². The van der Waals surface area contributed by atoms with E-state index in [0.29, 0.717) is 26.2 Å². The zero-order chi connectivity index (χ0) is 19.6. The van der Waals surface area contributed by atoms with Gasteiger partial charge in [-0.1, -0.05) is 12.8 Å². The second-order valence-corrected chi connectivity index (χ2v) is 8.45. The zero-order valence-corrected chi connectivity index (χ0v) is 16.6. The monoisotopic (exact) mass is 393 g/mol. The molecular weight excluding hydrogens is 362 g/mol. The molecule has 0 saturated carbocycles. The molecule has 0 aromatic carbocycles. The number of hydrogen-bond donors (Lipinski definition) is 0. The molecule has 8 heteroatoms. The van der Waals surface area contributed by atoms with Crippen molar-refractivity contribution in [1.29, 1.82) is 0 Å². The average molecular weight is 393 g/mol. The van der Waals surface area contributed by atoms with E-state index in [9.17, 15) is 14.4 Å². The number of ketones is 1. The highest BCUT2D eigenvalue weighted by Gasteiger charge is 2.61. The summed E-state index contributed by atoms with van der Waals surface area (Å²) in [4.78, 5) is 43.3. The van der Waals surface area contributed by atoms with Crippen LogP contribution in [0, 0.1) is 0 Å². The van der Waals surface area contributed by atoms with Gasteiger partial charge in [0.15, 0.2) is 11.3 Å². The summed E-state index contributed by atoms with van der Waals surface area (Å²) in [7, 11) is 0. The Morgan fingerprint density at radius 1 is 0.786 bits per heavy atom. The van der Waals surface area contributed by atoms with Crippen molar-refractivity contribution >= 4 is 18.0 Å². The molecular formula is C20H31N3O5. The average Bonchev–Trinajstić information content (AvgIpc) is 3.39. The second kappa shape index (κ2) is 8.27. The summed E-state index contributed by atoms with van der Waals surface area (Å²) in [6, 6.07) is -0.126. The highest BCUT2D eigenvalue weighted by atomic mass is 16.6. The summed E-state index contributed by atoms with van der Waals surface area (Å²) in [5.41, 5.74) is -1.01. The van der Waals surface area contributed by atoms with Crippen molar-refractivity contribution in [3.8, 4) is 0 Å². The Kier molecular flexibility index (Phi) is 5.75. The van der Waals surface area contributed by atoms with Crippen molar-refractivity contribution in [2.45, 2.75) is 62.9 Å². The Morgan fingerprint density at radius 3 is 1.82 bits per heavy atom. The number of carbonyl (C=O) groups excluding carboxylic acids is 3. The lowest BCUT2D eigenvalue weighted by molar-refractivity contribution is -0.171. The van der Waals surface area contributed by atoms with Gasteiger partial charge < -0.3 is 19.3 Å². The lowest BCUT2D eigenvalue weighted by atomic mass is 9.76. The van der Waals surface area contributed by atoms with Crippen LogP contribution in [0.5, 0.6) is 0 Å². The number of hydrogen-bond acceptors (Lipinski definition) is 6. The highest BCUT2D eigenvalue weighted by molar-refractivity contribution is 5.99. The Hall–Kier alpha value is -1.83. The van der Waals surface area contributed by atoms with E-state index in [-0.39, 0.29) is 37.2 Å². The molecule has 1 unspecified atom stereocenters. The summed E-state index contributed by atoms with van der Waals surface area (Å²) in [6.45, 7) is 3.52. The number of Topliss-reactive ketones (excluding diaryl/α,β-unsaturated/α-hetero) is 1. The Bertz CT molecular complexity index is 581. The number of likely N-dealkylation sites (tertiary alicyclic amines) is 2. The van der Waals surface area contributed by atoms with E-state index in [1.165, 1.54) is 0 Å². The fourth-order valence-electron chi connectivity index (χ4n) is 4.97. The van der Waals surface area contributed by atoms with Crippen molar-refractivity contribution in [2.75, 3.05) is 45.9 Å². The molecule has 28 heavy (non-hydrogen) atoms. The molecule has 4 aliphatic heterocycles. The van der Waals surface area contributed by atoms with Gasteiger partial charge in [-0.2, -0.15) is 0 Å². The third kappa shape index (κ3) is 3.58. The van der Waals surface area contributed by atoms with Crippen LogP contribution in [0.2, 0.25) is 0 Å². The molecule has 0 N–H and O–H groups in total. The maximum atomic E-state index is 13.1. The summed E-state index contributed by atoms with van der Waals surface area (Å²) < 4.78 is 11.1. The zero-order valence-electron chi connectivity index (χ0n) is 16.6. The molecule has 0 aromatic rings. The van der Waals surface area contributed by atoms with Crippen molar-refractivity contribution in [3.05, 3.63) is 0 Å². The number of carbonyl (C=O) groups is 3. The molecule has 0 aliphatic carbocycles. The highest BCUT2D eigenvalue weighted by Crippen LogP contribution is 2.39. The van der Waals surface area contributed by atoms with Crippen LogP contribution >= 0.6 is 0 Å². The normalized spacial score (nSPS) is 27.1. The molecule has 4 saturated heterocycles. The Labute approximate surface area is 166 Å². The standard InChI is InChI=1S/C20H31N3O5/c24-17-16-8-2-1-3-13-23(16)20(17,14-27-18(25)21-9-4-5-10-21)15-28-19(26)22-11-6-7-12-22/h16H,1-15H2. The topological polar surface area (TPSA) is 79.4 Å². The first kappa shape index (κ1) is 19.5. The van der Waals surface area contributed by atoms with E-state index >= 15 is 0 Å². The summed E-state index contributed by atoms with van der Waals surface area (Å²) in [5, 5.41) is 0. The molecule has 8 nitrogen and oxygen atoms in total. The van der Waals surface area contributed by atoms with Crippen LogP contribution in [0.25, 0.3) is 0 Å². The molecule has 4 aliphatic rings. The molecule has 1 atom stereocenters. The Morgan fingerprint density at radius 2 is 1.29 bits per heavy atom. The largest absolute Gasteiger partial charge is 0.447 e. The van der Waals surface area contributed by atoms with Crippen LogP contribution in [0.4, 0.5) is 9.59 Å². The fraction of sp³-hybridized carbons (Fsp3) is 0.850. The number of rotatable bonds is 4. The van der Waals surface area contributed by atoms with Crippen LogP contribution in [0.3, 0.4) is 0 Å². The van der Waals surface area contributed by atoms with Gasteiger partial charge in [-0.05, 0) is 38.5 Å². The molecule has 0 bridgehead atoms. The van der Waals surface area contributed by atoms with Gasteiger partial charge >= 0.3 is 12.2 Å². The molecule has 0 spiro atoms. The number of nitrogens with zero attached hydrogens (tertiary/aromatic N) is 3. The minimum Gasteiger partial charge on any atom is -0.447 e. The quantitative estimate of drug-likeness (QED) is 0.727. The third-order valence-electron chi connectivity index (χ3n) is 6.66. The first-order valence-electron chi connectivity index (χ1n) is 10.8. The maximum Gasteiger partial charge on any atom is 0.409 e. The van der Waals surface area contributed by atoms with E-state index in [0.717, 1.165) is 57.9 Å². The molecule has 0 radical (unpaired) electrons. The lowest BCUT2D eigenvalue weighted by Gasteiger charge is -2.54. The van der Waals surface area contributed by atoms with Crippen LogP contribution in [0.15, 0.2) is 0 Å². The lowest BCUT2D eigenvalue weighted by Crippen LogP contribution is -2.78. The van der Waals surface area contributed by atoms with Crippen molar-refractivity contribution in [2.24, 2.45) is 0 Å². The van der Waals surface area contributed by atoms with Gasteiger partial charge in [0.05, 0.1) is 6.04 Å². The van der Waals surface area contributed by atoms with Gasteiger partial charge in [0.25, 0.3) is 0 Å². The molecule has 4 heterocycles. The minimum atomic E-state index is -1.01. The van der Waals surface area contributed by atoms with Crippen LogP contribution in [0.1, 0.15) is 51.4 Å².